The Bertz CT molecular complexity index is 318. The van der Waals surface area contributed by atoms with E-state index in [1.54, 1.807) is 0 Å². The summed E-state index contributed by atoms with van der Waals surface area (Å²) in [5.74, 6) is 0.0840. The smallest absolute Gasteiger partial charge is 0.225 e. The summed E-state index contributed by atoms with van der Waals surface area (Å²) in [4.78, 5) is 23.3. The van der Waals surface area contributed by atoms with Crippen LogP contribution in [0.1, 0.15) is 85.5 Å². The fourth-order valence-electron chi connectivity index (χ4n) is 2.67. The number of amides is 2. The lowest BCUT2D eigenvalue weighted by molar-refractivity contribution is -0.131. The Labute approximate surface area is 136 Å². The summed E-state index contributed by atoms with van der Waals surface area (Å²) < 4.78 is 0. The topological polar surface area (TPSA) is 58.2 Å². The van der Waals surface area contributed by atoms with Gasteiger partial charge in [-0.25, -0.2) is 0 Å². The zero-order valence-electron chi connectivity index (χ0n) is 15.1. The van der Waals surface area contributed by atoms with Crippen molar-refractivity contribution in [3.05, 3.63) is 0 Å². The number of carbonyl (C=O) groups excluding carboxylic acids is 2. The molecule has 0 spiro atoms. The highest BCUT2D eigenvalue weighted by molar-refractivity contribution is 5.82. The highest BCUT2D eigenvalue weighted by Gasteiger charge is 2.31. The van der Waals surface area contributed by atoms with Crippen molar-refractivity contribution >= 4 is 11.8 Å². The van der Waals surface area contributed by atoms with Gasteiger partial charge in [0.15, 0.2) is 0 Å². The SMILES string of the molecule is CCCCCCCC(C)(CCCC)C(=O)NCCNC(C)=O. The molecule has 0 saturated heterocycles. The molecule has 0 aromatic heterocycles. The van der Waals surface area contributed by atoms with E-state index >= 15 is 0 Å². The van der Waals surface area contributed by atoms with E-state index in [1.807, 2.05) is 0 Å². The molecule has 0 aromatic rings. The van der Waals surface area contributed by atoms with Gasteiger partial charge in [0.25, 0.3) is 0 Å². The average molecular weight is 312 g/mol. The van der Waals surface area contributed by atoms with Crippen molar-refractivity contribution in [2.75, 3.05) is 13.1 Å². The van der Waals surface area contributed by atoms with Crippen molar-refractivity contribution in [3.63, 3.8) is 0 Å². The van der Waals surface area contributed by atoms with Gasteiger partial charge < -0.3 is 10.6 Å². The van der Waals surface area contributed by atoms with E-state index in [-0.39, 0.29) is 17.2 Å². The second kappa shape index (κ2) is 12.5. The average Bonchev–Trinajstić information content (AvgIpc) is 2.48. The van der Waals surface area contributed by atoms with Crippen LogP contribution in [0.5, 0.6) is 0 Å². The molecule has 4 nitrogen and oxygen atoms in total. The summed E-state index contributed by atoms with van der Waals surface area (Å²) in [6, 6.07) is 0. The summed E-state index contributed by atoms with van der Waals surface area (Å²) in [7, 11) is 0. The largest absolute Gasteiger partial charge is 0.355 e. The lowest BCUT2D eigenvalue weighted by Gasteiger charge is -2.28. The molecule has 0 heterocycles. The number of hydrogen-bond acceptors (Lipinski definition) is 2. The normalized spacial score (nSPS) is 13.5. The van der Waals surface area contributed by atoms with Gasteiger partial charge in [-0.15, -0.1) is 0 Å². The lowest BCUT2D eigenvalue weighted by Crippen LogP contribution is -2.42. The number of hydrogen-bond donors (Lipinski definition) is 2. The summed E-state index contributed by atoms with van der Waals surface area (Å²) in [6.45, 7) is 8.97. The van der Waals surface area contributed by atoms with Crippen molar-refractivity contribution in [2.24, 2.45) is 5.41 Å². The monoisotopic (exact) mass is 312 g/mol. The third kappa shape index (κ3) is 9.80. The van der Waals surface area contributed by atoms with Gasteiger partial charge in [-0.1, -0.05) is 65.7 Å². The minimum atomic E-state index is -0.265. The first-order chi connectivity index (χ1) is 10.5. The van der Waals surface area contributed by atoms with Crippen LogP contribution in [0, 0.1) is 5.41 Å². The summed E-state index contributed by atoms with van der Waals surface area (Å²) in [6.07, 6.45) is 10.3. The van der Waals surface area contributed by atoms with Crippen molar-refractivity contribution in [2.45, 2.75) is 85.5 Å². The van der Waals surface area contributed by atoms with Gasteiger partial charge in [-0.2, -0.15) is 0 Å². The molecule has 0 aliphatic carbocycles. The van der Waals surface area contributed by atoms with Crippen LogP contribution < -0.4 is 10.6 Å². The second-order valence-electron chi connectivity index (χ2n) is 6.57. The maximum absolute atomic E-state index is 12.5. The summed E-state index contributed by atoms with van der Waals surface area (Å²) >= 11 is 0. The van der Waals surface area contributed by atoms with E-state index in [0.717, 1.165) is 32.1 Å². The Morgan fingerprint density at radius 1 is 0.818 bits per heavy atom. The maximum Gasteiger partial charge on any atom is 0.225 e. The van der Waals surface area contributed by atoms with Crippen LogP contribution in [0.2, 0.25) is 0 Å². The molecular weight excluding hydrogens is 276 g/mol. The Hall–Kier alpha value is -1.06. The van der Waals surface area contributed by atoms with E-state index in [9.17, 15) is 9.59 Å². The van der Waals surface area contributed by atoms with E-state index in [4.69, 9.17) is 0 Å². The Morgan fingerprint density at radius 2 is 1.36 bits per heavy atom. The van der Waals surface area contributed by atoms with Gasteiger partial charge in [-0.05, 0) is 12.8 Å². The Balaban J connectivity index is 4.25. The van der Waals surface area contributed by atoms with Crippen LogP contribution in [0.4, 0.5) is 0 Å². The first-order valence-corrected chi connectivity index (χ1v) is 8.99. The third-order valence-electron chi connectivity index (χ3n) is 4.25. The quantitative estimate of drug-likeness (QED) is 0.508. The molecule has 4 heteroatoms. The molecule has 22 heavy (non-hydrogen) atoms. The molecule has 1 atom stereocenters. The maximum atomic E-state index is 12.5. The molecule has 130 valence electrons. The van der Waals surface area contributed by atoms with Gasteiger partial charge in [0.05, 0.1) is 0 Å². The van der Waals surface area contributed by atoms with E-state index in [2.05, 4.69) is 31.4 Å². The van der Waals surface area contributed by atoms with Gasteiger partial charge in [-0.3, -0.25) is 9.59 Å². The minimum Gasteiger partial charge on any atom is -0.355 e. The van der Waals surface area contributed by atoms with Crippen LogP contribution in [-0.4, -0.2) is 24.9 Å². The highest BCUT2D eigenvalue weighted by atomic mass is 16.2. The predicted octanol–water partition coefficient (Wildman–Crippen LogP) is 3.80. The second-order valence-corrected chi connectivity index (χ2v) is 6.57. The Kier molecular flexibility index (Phi) is 11.9. The number of rotatable bonds is 13. The van der Waals surface area contributed by atoms with Gasteiger partial charge in [0.2, 0.25) is 11.8 Å². The summed E-state index contributed by atoms with van der Waals surface area (Å²) in [5.41, 5.74) is -0.265. The molecular formula is C18H36N2O2. The third-order valence-corrected chi connectivity index (χ3v) is 4.25. The highest BCUT2D eigenvalue weighted by Crippen LogP contribution is 2.31. The lowest BCUT2D eigenvalue weighted by atomic mass is 9.79. The molecule has 0 aliphatic rings. The van der Waals surface area contributed by atoms with E-state index in [0.29, 0.717) is 13.1 Å². The predicted molar refractivity (Wildman–Crippen MR) is 92.7 cm³/mol. The van der Waals surface area contributed by atoms with Crippen molar-refractivity contribution in [1.82, 2.24) is 10.6 Å². The number of nitrogens with one attached hydrogen (secondary N) is 2. The fraction of sp³-hybridized carbons (Fsp3) is 0.889. The number of carbonyl (C=O) groups is 2. The summed E-state index contributed by atoms with van der Waals surface area (Å²) in [5, 5.41) is 5.69. The molecule has 0 rings (SSSR count). The first-order valence-electron chi connectivity index (χ1n) is 8.99. The van der Waals surface area contributed by atoms with Crippen LogP contribution in [0.25, 0.3) is 0 Å². The van der Waals surface area contributed by atoms with Crippen LogP contribution >= 0.6 is 0 Å². The zero-order chi connectivity index (χ0) is 16.8. The molecule has 0 aromatic carbocycles. The van der Waals surface area contributed by atoms with Crippen molar-refractivity contribution in [1.29, 1.82) is 0 Å². The molecule has 0 radical (unpaired) electrons. The van der Waals surface area contributed by atoms with Crippen LogP contribution in [0.3, 0.4) is 0 Å². The standard InChI is InChI=1S/C18H36N2O2/c1-5-7-9-10-11-13-18(4,12-8-6-2)17(22)20-15-14-19-16(3)21/h5-15H2,1-4H3,(H,19,21)(H,20,22). The number of unbranched alkanes of at least 4 members (excludes halogenated alkanes) is 5. The van der Waals surface area contributed by atoms with Gasteiger partial charge in [0, 0.05) is 25.4 Å². The molecule has 2 amide bonds. The molecule has 0 bridgehead atoms. The van der Waals surface area contributed by atoms with E-state index in [1.165, 1.54) is 32.6 Å². The fourth-order valence-corrected chi connectivity index (χ4v) is 2.67. The van der Waals surface area contributed by atoms with Crippen molar-refractivity contribution in [3.8, 4) is 0 Å². The van der Waals surface area contributed by atoms with Gasteiger partial charge >= 0.3 is 0 Å². The molecule has 0 saturated carbocycles. The minimum absolute atomic E-state index is 0.0566. The Morgan fingerprint density at radius 3 is 1.95 bits per heavy atom. The van der Waals surface area contributed by atoms with Crippen LogP contribution in [0.15, 0.2) is 0 Å². The van der Waals surface area contributed by atoms with E-state index < -0.39 is 0 Å². The zero-order valence-corrected chi connectivity index (χ0v) is 15.1. The van der Waals surface area contributed by atoms with Crippen molar-refractivity contribution < 1.29 is 9.59 Å². The molecule has 1 unspecified atom stereocenters. The van der Waals surface area contributed by atoms with Gasteiger partial charge in [0.1, 0.15) is 0 Å². The molecule has 2 N–H and O–H groups in total. The molecule has 0 aliphatic heterocycles. The first kappa shape index (κ1) is 20.9. The molecule has 0 fully saturated rings. The van der Waals surface area contributed by atoms with Crippen LogP contribution in [-0.2, 0) is 9.59 Å².